The molecule has 0 saturated heterocycles. The van der Waals surface area contributed by atoms with Crippen molar-refractivity contribution in [2.45, 2.75) is 353 Å². The molecular weight excluding hydrogens is 787 g/mol. The second-order valence-electron chi connectivity index (χ2n) is 20.6. The summed E-state index contributed by atoms with van der Waals surface area (Å²) in [5.74, 6) is -0.149. The summed E-state index contributed by atoms with van der Waals surface area (Å²) in [4.78, 5) is 12.5. The van der Waals surface area contributed by atoms with Crippen molar-refractivity contribution >= 4 is 5.91 Å². The van der Waals surface area contributed by atoms with Crippen molar-refractivity contribution in [3.8, 4) is 0 Å². The fraction of sp³-hybridized carbons (Fsp3) is 0.949. The van der Waals surface area contributed by atoms with Crippen molar-refractivity contribution in [3.63, 3.8) is 0 Å². The Hall–Kier alpha value is -0.910. The number of hydrogen-bond donors (Lipinski definition) is 4. The first-order valence-corrected chi connectivity index (χ1v) is 29.5. The van der Waals surface area contributed by atoms with Gasteiger partial charge in [0, 0.05) is 6.42 Å². The van der Waals surface area contributed by atoms with Crippen LogP contribution in [0.1, 0.15) is 335 Å². The maximum absolute atomic E-state index is 12.5. The van der Waals surface area contributed by atoms with Crippen LogP contribution in [0.25, 0.3) is 0 Å². The Balaban J connectivity index is 3.37. The summed E-state index contributed by atoms with van der Waals surface area (Å²) >= 11 is 0. The fourth-order valence-electron chi connectivity index (χ4n) is 9.58. The van der Waals surface area contributed by atoms with Crippen LogP contribution in [0.4, 0.5) is 0 Å². The number of nitrogens with one attached hydrogen (secondary N) is 1. The molecule has 3 unspecified atom stereocenters. The van der Waals surface area contributed by atoms with Gasteiger partial charge in [-0.25, -0.2) is 0 Å². The molecular formula is C59H117NO4. The first-order valence-electron chi connectivity index (χ1n) is 29.5. The molecule has 64 heavy (non-hydrogen) atoms. The molecule has 0 spiro atoms. The summed E-state index contributed by atoms with van der Waals surface area (Å²) in [5.41, 5.74) is 0. The number of carbonyl (C=O) groups excluding carboxylic acids is 1. The van der Waals surface area contributed by atoms with Gasteiger partial charge in [0.15, 0.2) is 0 Å². The fourth-order valence-corrected chi connectivity index (χ4v) is 9.58. The minimum atomic E-state index is -1.15. The lowest BCUT2D eigenvalue weighted by Crippen LogP contribution is -2.50. The van der Waals surface area contributed by atoms with E-state index in [0.717, 1.165) is 38.5 Å². The standard InChI is InChI=1S/C59H117NO4/c1-3-5-7-9-11-13-15-16-17-18-19-20-21-22-23-24-25-26-27-28-29-30-31-32-33-34-35-36-37-38-39-40-41-42-44-46-48-50-52-54-58(63)60-56(55-61)59(64)57(62)53-51-49-47-45-43-14-12-10-8-6-4-2/h45,47,56-57,59,61-62,64H,3-44,46,48-55H2,1-2H3,(H,60,63)/b47-45+. The Kier molecular flexibility index (Phi) is 53.9. The monoisotopic (exact) mass is 904 g/mol. The van der Waals surface area contributed by atoms with Gasteiger partial charge < -0.3 is 20.6 Å². The van der Waals surface area contributed by atoms with Gasteiger partial charge in [-0.05, 0) is 38.5 Å². The van der Waals surface area contributed by atoms with Crippen LogP contribution >= 0.6 is 0 Å². The van der Waals surface area contributed by atoms with Gasteiger partial charge in [-0.1, -0.05) is 302 Å². The van der Waals surface area contributed by atoms with Gasteiger partial charge in [-0.15, -0.1) is 0 Å². The zero-order valence-corrected chi connectivity index (χ0v) is 43.7. The number of unbranched alkanes of at least 4 members (excludes halogenated alkanes) is 45. The average molecular weight is 905 g/mol. The maximum atomic E-state index is 12.5. The van der Waals surface area contributed by atoms with Crippen LogP contribution in [-0.2, 0) is 4.79 Å². The van der Waals surface area contributed by atoms with E-state index in [1.165, 1.54) is 270 Å². The third-order valence-electron chi connectivity index (χ3n) is 14.1. The van der Waals surface area contributed by atoms with Gasteiger partial charge in [-0.3, -0.25) is 4.79 Å². The van der Waals surface area contributed by atoms with E-state index in [1.54, 1.807) is 0 Å². The Morgan fingerprint density at radius 3 is 0.906 bits per heavy atom. The number of rotatable bonds is 55. The molecule has 1 amide bonds. The highest BCUT2D eigenvalue weighted by atomic mass is 16.3. The van der Waals surface area contributed by atoms with Gasteiger partial charge >= 0.3 is 0 Å². The zero-order valence-electron chi connectivity index (χ0n) is 43.7. The Morgan fingerprint density at radius 1 is 0.375 bits per heavy atom. The van der Waals surface area contributed by atoms with E-state index in [4.69, 9.17) is 0 Å². The lowest BCUT2D eigenvalue weighted by Gasteiger charge is -2.26. The minimum Gasteiger partial charge on any atom is -0.394 e. The summed E-state index contributed by atoms with van der Waals surface area (Å²) in [7, 11) is 0. The molecule has 5 nitrogen and oxygen atoms in total. The van der Waals surface area contributed by atoms with Crippen molar-refractivity contribution in [2.24, 2.45) is 0 Å². The molecule has 4 N–H and O–H groups in total. The normalized spacial score (nSPS) is 13.3. The van der Waals surface area contributed by atoms with Gasteiger partial charge in [0.2, 0.25) is 5.91 Å². The number of amides is 1. The molecule has 0 rings (SSSR count). The van der Waals surface area contributed by atoms with Gasteiger partial charge in [0.25, 0.3) is 0 Å². The highest BCUT2D eigenvalue weighted by molar-refractivity contribution is 5.76. The van der Waals surface area contributed by atoms with E-state index in [2.05, 4.69) is 31.3 Å². The summed E-state index contributed by atoms with van der Waals surface area (Å²) in [5, 5.41) is 33.5. The number of hydrogen-bond acceptors (Lipinski definition) is 4. The number of aliphatic hydroxyl groups excluding tert-OH is 3. The van der Waals surface area contributed by atoms with E-state index >= 15 is 0 Å². The number of allylic oxidation sites excluding steroid dienone is 2. The average Bonchev–Trinajstić information content (AvgIpc) is 3.30. The Labute approximate surface area is 401 Å². The Bertz CT molecular complexity index is 909. The van der Waals surface area contributed by atoms with Gasteiger partial charge in [-0.2, -0.15) is 0 Å². The lowest BCUT2D eigenvalue weighted by molar-refractivity contribution is -0.124. The van der Waals surface area contributed by atoms with Crippen LogP contribution in [0.15, 0.2) is 12.2 Å². The molecule has 0 radical (unpaired) electrons. The van der Waals surface area contributed by atoms with Crippen LogP contribution in [-0.4, -0.2) is 46.1 Å². The molecule has 5 heteroatoms. The summed E-state index contributed by atoms with van der Waals surface area (Å²) in [6, 6.07) is -0.821. The lowest BCUT2D eigenvalue weighted by atomic mass is 10.0. The van der Waals surface area contributed by atoms with Crippen molar-refractivity contribution < 1.29 is 20.1 Å². The van der Waals surface area contributed by atoms with Crippen molar-refractivity contribution in [3.05, 3.63) is 12.2 Å². The van der Waals surface area contributed by atoms with Crippen LogP contribution < -0.4 is 5.32 Å². The molecule has 0 aromatic carbocycles. The van der Waals surface area contributed by atoms with E-state index in [9.17, 15) is 20.1 Å². The predicted octanol–water partition coefficient (Wildman–Crippen LogP) is 18.3. The third kappa shape index (κ3) is 49.0. The smallest absolute Gasteiger partial charge is 0.220 e. The highest BCUT2D eigenvalue weighted by Crippen LogP contribution is 2.18. The molecule has 0 saturated carbocycles. The first kappa shape index (κ1) is 63.1. The molecule has 0 aliphatic carbocycles. The molecule has 3 atom stereocenters. The number of carbonyl (C=O) groups is 1. The molecule has 0 fully saturated rings. The van der Waals surface area contributed by atoms with E-state index in [-0.39, 0.29) is 12.5 Å². The molecule has 0 aromatic heterocycles. The van der Waals surface area contributed by atoms with Crippen molar-refractivity contribution in [2.75, 3.05) is 6.61 Å². The first-order chi connectivity index (χ1) is 31.6. The summed E-state index contributed by atoms with van der Waals surface area (Å²) < 4.78 is 0. The SMILES string of the molecule is CCCCCCCC/C=C/CCCC(O)C(O)C(CO)NC(=O)CCCCCCCCCCCCCCCCCCCCCCCCCCCCCCCCCCCCCCCCC. The van der Waals surface area contributed by atoms with Crippen LogP contribution in [0, 0.1) is 0 Å². The molecule has 0 heterocycles. The second-order valence-corrected chi connectivity index (χ2v) is 20.6. The molecule has 382 valence electrons. The third-order valence-corrected chi connectivity index (χ3v) is 14.1. The van der Waals surface area contributed by atoms with Crippen LogP contribution in [0.2, 0.25) is 0 Å². The largest absolute Gasteiger partial charge is 0.394 e. The predicted molar refractivity (Wildman–Crippen MR) is 282 cm³/mol. The topological polar surface area (TPSA) is 89.8 Å². The second kappa shape index (κ2) is 54.7. The van der Waals surface area contributed by atoms with Crippen molar-refractivity contribution in [1.82, 2.24) is 5.32 Å². The quantitative estimate of drug-likeness (QED) is 0.0362. The van der Waals surface area contributed by atoms with Crippen LogP contribution in [0.5, 0.6) is 0 Å². The van der Waals surface area contributed by atoms with Crippen molar-refractivity contribution in [1.29, 1.82) is 0 Å². The highest BCUT2D eigenvalue weighted by Gasteiger charge is 2.26. The van der Waals surface area contributed by atoms with E-state index in [0.29, 0.717) is 12.8 Å². The maximum Gasteiger partial charge on any atom is 0.220 e. The minimum absolute atomic E-state index is 0.149. The van der Waals surface area contributed by atoms with Gasteiger partial charge in [0.1, 0.15) is 6.10 Å². The van der Waals surface area contributed by atoms with Crippen LogP contribution in [0.3, 0.4) is 0 Å². The van der Waals surface area contributed by atoms with E-state index in [1.807, 2.05) is 0 Å². The van der Waals surface area contributed by atoms with Gasteiger partial charge in [0.05, 0.1) is 18.8 Å². The molecule has 0 aliphatic heterocycles. The van der Waals surface area contributed by atoms with E-state index < -0.39 is 18.2 Å². The molecule has 0 aromatic rings. The number of aliphatic hydroxyl groups is 3. The summed E-state index contributed by atoms with van der Waals surface area (Å²) in [6.45, 7) is 4.18. The summed E-state index contributed by atoms with van der Waals surface area (Å²) in [6.07, 6.45) is 68.5. The molecule has 0 aliphatic rings. The Morgan fingerprint density at radius 2 is 0.625 bits per heavy atom. The molecule has 0 bridgehead atoms. The zero-order chi connectivity index (χ0) is 46.5.